The molecule has 3 N–H and O–H groups in total. The second kappa shape index (κ2) is 10.2. The Kier molecular flexibility index (Phi) is 9.88. The molecule has 0 amide bonds. The molecule has 0 aromatic carbocycles. The van der Waals surface area contributed by atoms with Crippen molar-refractivity contribution in [1.29, 1.82) is 0 Å². The van der Waals surface area contributed by atoms with Crippen molar-refractivity contribution in [2.45, 2.75) is 72.3 Å². The molecule has 0 radical (unpaired) electrons. The van der Waals surface area contributed by atoms with Crippen molar-refractivity contribution in [3.05, 3.63) is 0 Å². The number of carboxylic acid groups (broad SMARTS) is 1. The number of nitrogens with two attached hydrogens (primary N) is 1. The Morgan fingerprint density at radius 2 is 1.52 bits per heavy atom. The van der Waals surface area contributed by atoms with Crippen LogP contribution in [0.5, 0.6) is 0 Å². The zero-order chi connectivity index (χ0) is 16.5. The number of nitrogens with zero attached hydrogens (tertiary/aromatic N) is 1. The van der Waals surface area contributed by atoms with Gasteiger partial charge >= 0.3 is 5.97 Å². The topological polar surface area (TPSA) is 66.6 Å². The lowest BCUT2D eigenvalue weighted by Crippen LogP contribution is -2.44. The first-order valence-corrected chi connectivity index (χ1v) is 8.39. The van der Waals surface area contributed by atoms with E-state index < -0.39 is 11.5 Å². The van der Waals surface area contributed by atoms with E-state index in [1.54, 1.807) is 6.92 Å². The fourth-order valence-electron chi connectivity index (χ4n) is 2.15. The van der Waals surface area contributed by atoms with E-state index in [4.69, 9.17) is 10.8 Å². The van der Waals surface area contributed by atoms with E-state index in [0.717, 1.165) is 44.3 Å². The minimum atomic E-state index is -1.08. The molecule has 0 heterocycles. The molecule has 0 rings (SSSR count). The molecule has 4 nitrogen and oxygen atoms in total. The Morgan fingerprint density at radius 3 is 1.90 bits per heavy atom. The van der Waals surface area contributed by atoms with Gasteiger partial charge in [0.15, 0.2) is 0 Å². The lowest BCUT2D eigenvalue weighted by atomic mass is 9.96. The van der Waals surface area contributed by atoms with Gasteiger partial charge in [0.2, 0.25) is 0 Å². The quantitative estimate of drug-likeness (QED) is 0.542. The molecule has 1 unspecified atom stereocenters. The Labute approximate surface area is 131 Å². The maximum atomic E-state index is 11.0. The largest absolute Gasteiger partial charge is 0.480 e. The van der Waals surface area contributed by atoms with Gasteiger partial charge in [-0.05, 0) is 70.5 Å². The predicted octanol–water partition coefficient (Wildman–Crippen LogP) is 3.35. The van der Waals surface area contributed by atoms with E-state index in [9.17, 15) is 4.79 Å². The molecule has 0 aliphatic carbocycles. The molecule has 21 heavy (non-hydrogen) atoms. The lowest BCUT2D eigenvalue weighted by Gasteiger charge is -2.25. The first-order chi connectivity index (χ1) is 9.65. The highest BCUT2D eigenvalue weighted by Gasteiger charge is 2.26. The third-order valence-electron chi connectivity index (χ3n) is 3.95. The summed E-state index contributed by atoms with van der Waals surface area (Å²) in [6.45, 7) is 14.0. The van der Waals surface area contributed by atoms with Gasteiger partial charge in [-0.3, -0.25) is 4.79 Å². The fourth-order valence-corrected chi connectivity index (χ4v) is 2.15. The van der Waals surface area contributed by atoms with Crippen LogP contribution in [0.1, 0.15) is 66.7 Å². The van der Waals surface area contributed by atoms with Crippen LogP contribution in [-0.4, -0.2) is 41.1 Å². The molecule has 4 heteroatoms. The molecular weight excluding hydrogens is 264 g/mol. The molecule has 1 atom stereocenters. The van der Waals surface area contributed by atoms with Gasteiger partial charge in [0, 0.05) is 0 Å². The molecule has 0 aromatic heterocycles. The summed E-state index contributed by atoms with van der Waals surface area (Å²) in [5.41, 5.74) is 4.68. The summed E-state index contributed by atoms with van der Waals surface area (Å²) in [6.07, 6.45) is 4.89. The summed E-state index contributed by atoms with van der Waals surface area (Å²) in [7, 11) is 0. The van der Waals surface area contributed by atoms with Crippen molar-refractivity contribution in [3.8, 4) is 0 Å². The maximum absolute atomic E-state index is 11.0. The van der Waals surface area contributed by atoms with Gasteiger partial charge in [0.25, 0.3) is 0 Å². The summed E-state index contributed by atoms with van der Waals surface area (Å²) in [6, 6.07) is 0. The number of rotatable bonds is 12. The Morgan fingerprint density at radius 1 is 1.05 bits per heavy atom. The molecular formula is C17H36N2O2. The Bertz CT molecular complexity index is 277. The van der Waals surface area contributed by atoms with Gasteiger partial charge in [-0.1, -0.05) is 27.7 Å². The van der Waals surface area contributed by atoms with Crippen molar-refractivity contribution in [3.63, 3.8) is 0 Å². The summed E-state index contributed by atoms with van der Waals surface area (Å²) in [4.78, 5) is 13.5. The number of hydrogen-bond donors (Lipinski definition) is 2. The van der Waals surface area contributed by atoms with Crippen molar-refractivity contribution >= 4 is 5.97 Å². The average molecular weight is 300 g/mol. The number of carbonyl (C=O) groups is 1. The van der Waals surface area contributed by atoms with Crippen LogP contribution in [0.15, 0.2) is 0 Å². The fraction of sp³-hybridized carbons (Fsp3) is 0.941. The summed E-state index contributed by atoms with van der Waals surface area (Å²) in [5.74, 6) is 0.552. The van der Waals surface area contributed by atoms with Gasteiger partial charge < -0.3 is 15.7 Å². The molecule has 0 fully saturated rings. The lowest BCUT2D eigenvalue weighted by molar-refractivity contribution is -0.142. The van der Waals surface area contributed by atoms with Crippen LogP contribution in [-0.2, 0) is 4.79 Å². The van der Waals surface area contributed by atoms with Crippen molar-refractivity contribution < 1.29 is 9.90 Å². The number of unbranched alkanes of at least 4 members (excludes halogenated alkanes) is 1. The highest BCUT2D eigenvalue weighted by atomic mass is 16.4. The first kappa shape index (κ1) is 20.4. The highest BCUT2D eigenvalue weighted by molar-refractivity contribution is 5.77. The summed E-state index contributed by atoms with van der Waals surface area (Å²) >= 11 is 0. The maximum Gasteiger partial charge on any atom is 0.323 e. The van der Waals surface area contributed by atoms with Crippen LogP contribution in [0.3, 0.4) is 0 Å². The highest BCUT2D eigenvalue weighted by Crippen LogP contribution is 2.13. The van der Waals surface area contributed by atoms with Crippen LogP contribution in [0.25, 0.3) is 0 Å². The van der Waals surface area contributed by atoms with E-state index in [-0.39, 0.29) is 0 Å². The standard InChI is InChI=1S/C17H36N2O2/c1-14(2)8-12-19(13-9-15(3)4)11-7-6-10-17(5,18)16(20)21/h14-15H,6-13,18H2,1-5H3,(H,20,21). The summed E-state index contributed by atoms with van der Waals surface area (Å²) in [5, 5.41) is 9.00. The van der Waals surface area contributed by atoms with Crippen LogP contribution >= 0.6 is 0 Å². The molecule has 0 saturated carbocycles. The SMILES string of the molecule is CC(C)CCN(CCCCC(C)(N)C(=O)O)CCC(C)C. The van der Waals surface area contributed by atoms with Crippen molar-refractivity contribution in [2.24, 2.45) is 17.6 Å². The van der Waals surface area contributed by atoms with Gasteiger partial charge in [-0.25, -0.2) is 0 Å². The average Bonchev–Trinajstić information content (AvgIpc) is 2.35. The number of aliphatic carboxylic acids is 1. The third-order valence-corrected chi connectivity index (χ3v) is 3.95. The molecule has 0 saturated heterocycles. The van der Waals surface area contributed by atoms with Crippen LogP contribution < -0.4 is 5.73 Å². The minimum Gasteiger partial charge on any atom is -0.480 e. The number of carboxylic acids is 1. The van der Waals surface area contributed by atoms with Crippen molar-refractivity contribution in [1.82, 2.24) is 4.90 Å². The van der Waals surface area contributed by atoms with Crippen LogP contribution in [0, 0.1) is 11.8 Å². The second-order valence-corrected chi connectivity index (χ2v) is 7.39. The summed E-state index contributed by atoms with van der Waals surface area (Å²) < 4.78 is 0. The molecule has 0 aliphatic heterocycles. The minimum absolute atomic E-state index is 0.546. The van der Waals surface area contributed by atoms with E-state index in [1.807, 2.05) is 0 Å². The normalized spacial score (nSPS) is 14.9. The zero-order valence-corrected chi connectivity index (χ0v) is 14.7. The molecule has 0 bridgehead atoms. The Hall–Kier alpha value is -0.610. The molecule has 0 aromatic rings. The van der Waals surface area contributed by atoms with Gasteiger partial charge in [-0.15, -0.1) is 0 Å². The smallest absolute Gasteiger partial charge is 0.323 e. The van der Waals surface area contributed by atoms with E-state index in [1.165, 1.54) is 12.8 Å². The van der Waals surface area contributed by atoms with E-state index in [0.29, 0.717) is 6.42 Å². The van der Waals surface area contributed by atoms with Crippen molar-refractivity contribution in [2.75, 3.05) is 19.6 Å². The van der Waals surface area contributed by atoms with Gasteiger partial charge in [-0.2, -0.15) is 0 Å². The zero-order valence-electron chi connectivity index (χ0n) is 14.7. The monoisotopic (exact) mass is 300 g/mol. The van der Waals surface area contributed by atoms with Gasteiger partial charge in [0.1, 0.15) is 5.54 Å². The second-order valence-electron chi connectivity index (χ2n) is 7.39. The molecule has 0 aliphatic rings. The van der Waals surface area contributed by atoms with E-state index in [2.05, 4.69) is 32.6 Å². The first-order valence-electron chi connectivity index (χ1n) is 8.39. The number of hydrogen-bond acceptors (Lipinski definition) is 3. The van der Waals surface area contributed by atoms with Gasteiger partial charge in [0.05, 0.1) is 0 Å². The molecule has 126 valence electrons. The Balaban J connectivity index is 4.07. The van der Waals surface area contributed by atoms with E-state index >= 15 is 0 Å². The van der Waals surface area contributed by atoms with Crippen LogP contribution in [0.2, 0.25) is 0 Å². The molecule has 0 spiro atoms. The predicted molar refractivity (Wildman–Crippen MR) is 89.4 cm³/mol. The van der Waals surface area contributed by atoms with Crippen LogP contribution in [0.4, 0.5) is 0 Å². The third kappa shape index (κ3) is 10.7.